The van der Waals surface area contributed by atoms with E-state index in [0.29, 0.717) is 11.5 Å². The first-order chi connectivity index (χ1) is 8.04. The van der Waals surface area contributed by atoms with Gasteiger partial charge >= 0.3 is 0 Å². The van der Waals surface area contributed by atoms with Gasteiger partial charge in [-0.25, -0.2) is 0 Å². The molecule has 0 aliphatic heterocycles. The van der Waals surface area contributed by atoms with Gasteiger partial charge in [-0.15, -0.1) is 0 Å². The summed E-state index contributed by atoms with van der Waals surface area (Å²) in [6.45, 7) is 11.4. The van der Waals surface area contributed by atoms with E-state index in [1.165, 1.54) is 17.7 Å². The lowest BCUT2D eigenvalue weighted by Crippen LogP contribution is -1.92. The molecule has 17 heavy (non-hydrogen) atoms. The minimum atomic E-state index is -0.104. The second-order valence-electron chi connectivity index (χ2n) is 4.25. The van der Waals surface area contributed by atoms with Gasteiger partial charge in [0.05, 0.1) is 0 Å². The van der Waals surface area contributed by atoms with Crippen molar-refractivity contribution in [2.24, 2.45) is 0 Å². The van der Waals surface area contributed by atoms with E-state index in [4.69, 9.17) is 0 Å². The van der Waals surface area contributed by atoms with Gasteiger partial charge in [0, 0.05) is 5.57 Å². The number of rotatable bonds is 5. The molecular weight excluding hydrogens is 208 g/mol. The van der Waals surface area contributed by atoms with Gasteiger partial charge in [-0.3, -0.25) is 4.79 Å². The second-order valence-corrected chi connectivity index (χ2v) is 4.25. The van der Waals surface area contributed by atoms with Crippen LogP contribution in [-0.4, -0.2) is 5.78 Å². The SMILES string of the molecule is C=CC(=C)C(=O)/C=C/c1ccc(C(C)C)cc1. The molecule has 0 aliphatic carbocycles. The number of ketones is 1. The lowest BCUT2D eigenvalue weighted by Gasteiger charge is -2.04. The van der Waals surface area contributed by atoms with E-state index < -0.39 is 0 Å². The summed E-state index contributed by atoms with van der Waals surface area (Å²) in [5.41, 5.74) is 2.73. The fraction of sp³-hybridized carbons (Fsp3) is 0.188. The van der Waals surface area contributed by atoms with Crippen LogP contribution in [0.2, 0.25) is 0 Å². The number of allylic oxidation sites excluding steroid dienone is 3. The molecular formula is C16H18O. The fourth-order valence-corrected chi connectivity index (χ4v) is 1.37. The molecule has 0 bridgehead atoms. The average Bonchev–Trinajstić information content (AvgIpc) is 2.35. The number of hydrogen-bond acceptors (Lipinski definition) is 1. The standard InChI is InChI=1S/C16H18O/c1-5-13(4)16(17)11-8-14-6-9-15(10-7-14)12(2)3/h5-12H,1,4H2,2-3H3/b11-8+. The molecule has 88 valence electrons. The average molecular weight is 226 g/mol. The molecule has 0 unspecified atom stereocenters. The third-order valence-corrected chi connectivity index (χ3v) is 2.59. The zero-order chi connectivity index (χ0) is 12.8. The highest BCUT2D eigenvalue weighted by Crippen LogP contribution is 2.15. The predicted molar refractivity (Wildman–Crippen MR) is 73.9 cm³/mol. The van der Waals surface area contributed by atoms with Crippen LogP contribution < -0.4 is 0 Å². The zero-order valence-corrected chi connectivity index (χ0v) is 10.4. The van der Waals surface area contributed by atoms with E-state index in [2.05, 4.69) is 39.1 Å². The Bertz CT molecular complexity index is 447. The van der Waals surface area contributed by atoms with E-state index in [9.17, 15) is 4.79 Å². The first kappa shape index (κ1) is 13.2. The van der Waals surface area contributed by atoms with Crippen molar-refractivity contribution in [1.29, 1.82) is 0 Å². The third-order valence-electron chi connectivity index (χ3n) is 2.59. The monoisotopic (exact) mass is 226 g/mol. The Balaban J connectivity index is 2.76. The normalized spacial score (nSPS) is 10.8. The van der Waals surface area contributed by atoms with E-state index in [1.807, 2.05) is 12.1 Å². The molecule has 0 N–H and O–H groups in total. The number of carbonyl (C=O) groups is 1. The summed E-state index contributed by atoms with van der Waals surface area (Å²) >= 11 is 0. The van der Waals surface area contributed by atoms with Crippen LogP contribution in [0.5, 0.6) is 0 Å². The van der Waals surface area contributed by atoms with Gasteiger partial charge < -0.3 is 0 Å². The van der Waals surface area contributed by atoms with E-state index >= 15 is 0 Å². The van der Waals surface area contributed by atoms with Gasteiger partial charge in [-0.2, -0.15) is 0 Å². The minimum Gasteiger partial charge on any atom is -0.289 e. The van der Waals surface area contributed by atoms with Gasteiger partial charge in [0.15, 0.2) is 5.78 Å². The molecule has 1 heteroatoms. The van der Waals surface area contributed by atoms with Crippen LogP contribution in [0, 0.1) is 0 Å². The lowest BCUT2D eigenvalue weighted by molar-refractivity contribution is -0.110. The molecule has 1 rings (SSSR count). The summed E-state index contributed by atoms with van der Waals surface area (Å²) in [4.78, 5) is 11.5. The molecule has 0 saturated carbocycles. The van der Waals surface area contributed by atoms with Crippen molar-refractivity contribution < 1.29 is 4.79 Å². The second kappa shape index (κ2) is 6.00. The summed E-state index contributed by atoms with van der Waals surface area (Å²) in [6, 6.07) is 8.18. The maximum absolute atomic E-state index is 11.5. The Morgan fingerprint density at radius 1 is 1.24 bits per heavy atom. The highest BCUT2D eigenvalue weighted by molar-refractivity contribution is 6.07. The highest BCUT2D eigenvalue weighted by Gasteiger charge is 1.99. The van der Waals surface area contributed by atoms with Crippen LogP contribution in [0.15, 0.2) is 55.1 Å². The smallest absolute Gasteiger partial charge is 0.185 e. The minimum absolute atomic E-state index is 0.104. The van der Waals surface area contributed by atoms with Crippen LogP contribution in [-0.2, 0) is 4.79 Å². The van der Waals surface area contributed by atoms with Crippen molar-refractivity contribution in [3.05, 3.63) is 66.3 Å². The third kappa shape index (κ3) is 3.87. The first-order valence-electron chi connectivity index (χ1n) is 5.68. The largest absolute Gasteiger partial charge is 0.289 e. The highest BCUT2D eigenvalue weighted by atomic mass is 16.1. The number of carbonyl (C=O) groups excluding carboxylic acids is 1. The molecule has 0 saturated heterocycles. The van der Waals surface area contributed by atoms with E-state index in [-0.39, 0.29) is 5.78 Å². The van der Waals surface area contributed by atoms with Gasteiger partial charge in [0.1, 0.15) is 0 Å². The summed E-state index contributed by atoms with van der Waals surface area (Å²) in [6.07, 6.45) is 4.78. The predicted octanol–water partition coefficient (Wildman–Crippen LogP) is 4.13. The fourth-order valence-electron chi connectivity index (χ4n) is 1.37. The Labute approximate surface area is 103 Å². The van der Waals surface area contributed by atoms with Crippen LogP contribution in [0.3, 0.4) is 0 Å². The van der Waals surface area contributed by atoms with Crippen molar-refractivity contribution in [3.63, 3.8) is 0 Å². The van der Waals surface area contributed by atoms with Crippen molar-refractivity contribution in [3.8, 4) is 0 Å². The van der Waals surface area contributed by atoms with Crippen molar-refractivity contribution in [2.45, 2.75) is 19.8 Å². The quantitative estimate of drug-likeness (QED) is 0.545. The summed E-state index contributed by atoms with van der Waals surface area (Å²) in [7, 11) is 0. The molecule has 0 fully saturated rings. The van der Waals surface area contributed by atoms with Gasteiger partial charge in [0.25, 0.3) is 0 Å². The van der Waals surface area contributed by atoms with E-state index in [1.54, 1.807) is 6.08 Å². The molecule has 0 aliphatic rings. The lowest BCUT2D eigenvalue weighted by atomic mass is 10.0. The Morgan fingerprint density at radius 3 is 2.29 bits per heavy atom. The first-order valence-corrected chi connectivity index (χ1v) is 5.68. The Hall–Kier alpha value is -1.89. The molecule has 0 radical (unpaired) electrons. The summed E-state index contributed by atoms with van der Waals surface area (Å²) < 4.78 is 0. The molecule has 1 nitrogen and oxygen atoms in total. The van der Waals surface area contributed by atoms with Gasteiger partial charge in [0.2, 0.25) is 0 Å². The Morgan fingerprint density at radius 2 is 1.82 bits per heavy atom. The Kier molecular flexibility index (Phi) is 4.65. The molecule has 0 spiro atoms. The maximum Gasteiger partial charge on any atom is 0.185 e. The topological polar surface area (TPSA) is 17.1 Å². The van der Waals surface area contributed by atoms with Gasteiger partial charge in [-0.1, -0.05) is 63.4 Å². The zero-order valence-electron chi connectivity index (χ0n) is 10.4. The number of benzene rings is 1. The van der Waals surface area contributed by atoms with Crippen molar-refractivity contribution in [2.75, 3.05) is 0 Å². The number of hydrogen-bond donors (Lipinski definition) is 0. The van der Waals surface area contributed by atoms with Crippen LogP contribution in [0.4, 0.5) is 0 Å². The molecule has 0 amide bonds. The molecule has 1 aromatic rings. The molecule has 0 atom stereocenters. The van der Waals surface area contributed by atoms with Gasteiger partial charge in [-0.05, 0) is 23.1 Å². The van der Waals surface area contributed by atoms with Crippen LogP contribution in [0.25, 0.3) is 6.08 Å². The van der Waals surface area contributed by atoms with E-state index in [0.717, 1.165) is 5.56 Å². The summed E-state index contributed by atoms with van der Waals surface area (Å²) in [5.74, 6) is 0.420. The molecule has 1 aromatic carbocycles. The summed E-state index contributed by atoms with van der Waals surface area (Å²) in [5, 5.41) is 0. The molecule has 0 aromatic heterocycles. The van der Waals surface area contributed by atoms with Crippen LogP contribution >= 0.6 is 0 Å². The van der Waals surface area contributed by atoms with Crippen LogP contribution in [0.1, 0.15) is 30.9 Å². The molecule has 0 heterocycles. The van der Waals surface area contributed by atoms with Crippen molar-refractivity contribution in [1.82, 2.24) is 0 Å². The maximum atomic E-state index is 11.5. The van der Waals surface area contributed by atoms with Crippen molar-refractivity contribution >= 4 is 11.9 Å².